The number of thioether (sulfide) groups is 1. The SMILES string of the molecule is CCCc1nc2cccnc2n1C1CCN(C(=O)Nc2cccc(SC)c2)C1. The number of fused-ring (bicyclic) bond motifs is 1. The fourth-order valence-electron chi connectivity index (χ4n) is 3.80. The lowest BCUT2D eigenvalue weighted by Crippen LogP contribution is -2.33. The highest BCUT2D eigenvalue weighted by atomic mass is 32.2. The maximum atomic E-state index is 12.8. The molecule has 146 valence electrons. The number of amides is 2. The Morgan fingerprint density at radius 2 is 2.21 bits per heavy atom. The van der Waals surface area contributed by atoms with Crippen molar-refractivity contribution in [3.05, 3.63) is 48.4 Å². The molecule has 28 heavy (non-hydrogen) atoms. The molecule has 1 aliphatic rings. The number of nitrogens with one attached hydrogen (secondary N) is 1. The first-order valence-corrected chi connectivity index (χ1v) is 10.9. The molecule has 1 saturated heterocycles. The Labute approximate surface area is 169 Å². The number of carbonyl (C=O) groups excluding carboxylic acids is 1. The predicted octanol–water partition coefficient (Wildman–Crippen LogP) is 4.58. The zero-order chi connectivity index (χ0) is 19.5. The molecule has 3 heterocycles. The van der Waals surface area contributed by atoms with Crippen molar-refractivity contribution in [2.24, 2.45) is 0 Å². The molecule has 1 N–H and O–H groups in total. The molecule has 1 unspecified atom stereocenters. The number of imidazole rings is 1. The molecule has 2 aromatic heterocycles. The molecular formula is C21H25N5OS. The van der Waals surface area contributed by atoms with Gasteiger partial charge in [-0.3, -0.25) is 0 Å². The lowest BCUT2D eigenvalue weighted by atomic mass is 10.2. The zero-order valence-electron chi connectivity index (χ0n) is 16.3. The number of hydrogen-bond acceptors (Lipinski definition) is 4. The molecule has 0 bridgehead atoms. The highest BCUT2D eigenvalue weighted by Crippen LogP contribution is 2.28. The number of aryl methyl sites for hydroxylation is 1. The Morgan fingerprint density at radius 3 is 3.04 bits per heavy atom. The van der Waals surface area contributed by atoms with Crippen LogP contribution in [-0.2, 0) is 6.42 Å². The van der Waals surface area contributed by atoms with Gasteiger partial charge in [0.15, 0.2) is 5.65 Å². The normalized spacial score (nSPS) is 16.6. The molecule has 1 fully saturated rings. The van der Waals surface area contributed by atoms with Gasteiger partial charge in [-0.2, -0.15) is 0 Å². The summed E-state index contributed by atoms with van der Waals surface area (Å²) in [6.45, 7) is 3.57. The monoisotopic (exact) mass is 395 g/mol. The molecule has 4 rings (SSSR count). The number of rotatable bonds is 5. The van der Waals surface area contributed by atoms with Crippen molar-refractivity contribution >= 4 is 34.6 Å². The smallest absolute Gasteiger partial charge is 0.321 e. The van der Waals surface area contributed by atoms with Crippen molar-refractivity contribution in [1.82, 2.24) is 19.4 Å². The average Bonchev–Trinajstić information content (AvgIpc) is 3.32. The van der Waals surface area contributed by atoms with Gasteiger partial charge in [-0.1, -0.05) is 13.0 Å². The van der Waals surface area contributed by atoms with Crippen LogP contribution in [0.1, 0.15) is 31.6 Å². The highest BCUT2D eigenvalue weighted by molar-refractivity contribution is 7.98. The van der Waals surface area contributed by atoms with Gasteiger partial charge >= 0.3 is 6.03 Å². The molecule has 0 spiro atoms. The van der Waals surface area contributed by atoms with E-state index in [0.29, 0.717) is 6.54 Å². The number of likely N-dealkylation sites (tertiary alicyclic amines) is 1. The summed E-state index contributed by atoms with van der Waals surface area (Å²) in [6.07, 6.45) is 6.71. The van der Waals surface area contributed by atoms with Crippen LogP contribution in [-0.4, -0.2) is 44.8 Å². The van der Waals surface area contributed by atoms with E-state index in [4.69, 9.17) is 4.98 Å². The first-order valence-electron chi connectivity index (χ1n) is 9.71. The standard InChI is InChI=1S/C21H25N5OS/c1-3-6-19-24-18-9-5-11-22-20(18)26(19)16-10-12-25(14-16)21(27)23-15-7-4-8-17(13-15)28-2/h4-5,7-9,11,13,16H,3,6,10,12,14H2,1-2H3,(H,23,27). The molecule has 7 heteroatoms. The van der Waals surface area contributed by atoms with Crippen LogP contribution in [0.5, 0.6) is 0 Å². The van der Waals surface area contributed by atoms with Gasteiger partial charge in [0, 0.05) is 36.3 Å². The van der Waals surface area contributed by atoms with E-state index < -0.39 is 0 Å². The van der Waals surface area contributed by atoms with Gasteiger partial charge in [-0.05, 0) is 49.4 Å². The third-order valence-electron chi connectivity index (χ3n) is 5.13. The number of anilines is 1. The molecule has 0 radical (unpaired) electrons. The number of pyridine rings is 1. The quantitative estimate of drug-likeness (QED) is 0.642. The number of hydrogen-bond donors (Lipinski definition) is 1. The Balaban J connectivity index is 1.51. The third kappa shape index (κ3) is 3.71. The first kappa shape index (κ1) is 18.8. The minimum atomic E-state index is -0.0461. The van der Waals surface area contributed by atoms with E-state index in [1.54, 1.807) is 11.8 Å². The number of carbonyl (C=O) groups is 1. The molecule has 1 aliphatic heterocycles. The molecule has 1 atom stereocenters. The molecule has 0 saturated carbocycles. The lowest BCUT2D eigenvalue weighted by Gasteiger charge is -2.19. The number of nitrogens with zero attached hydrogens (tertiary/aromatic N) is 4. The molecule has 0 aliphatic carbocycles. The lowest BCUT2D eigenvalue weighted by molar-refractivity contribution is 0.221. The van der Waals surface area contributed by atoms with Crippen LogP contribution in [0, 0.1) is 0 Å². The molecular weight excluding hydrogens is 370 g/mol. The summed E-state index contributed by atoms with van der Waals surface area (Å²) < 4.78 is 2.25. The van der Waals surface area contributed by atoms with Crippen LogP contribution < -0.4 is 5.32 Å². The molecule has 2 amide bonds. The molecule has 6 nitrogen and oxygen atoms in total. The van der Waals surface area contributed by atoms with E-state index in [1.165, 1.54) is 0 Å². The summed E-state index contributed by atoms with van der Waals surface area (Å²) in [5.74, 6) is 1.07. The van der Waals surface area contributed by atoms with Crippen LogP contribution in [0.15, 0.2) is 47.5 Å². The maximum absolute atomic E-state index is 12.8. The minimum Gasteiger partial charge on any atom is -0.322 e. The summed E-state index contributed by atoms with van der Waals surface area (Å²) in [6, 6.07) is 12.0. The van der Waals surface area contributed by atoms with E-state index in [-0.39, 0.29) is 12.1 Å². The Hall–Kier alpha value is -2.54. The van der Waals surface area contributed by atoms with Crippen molar-refractivity contribution in [3.63, 3.8) is 0 Å². The van der Waals surface area contributed by atoms with E-state index in [1.807, 2.05) is 53.8 Å². The van der Waals surface area contributed by atoms with Crippen molar-refractivity contribution in [3.8, 4) is 0 Å². The minimum absolute atomic E-state index is 0.0461. The van der Waals surface area contributed by atoms with Crippen LogP contribution in [0.2, 0.25) is 0 Å². The number of aromatic nitrogens is 3. The van der Waals surface area contributed by atoms with Crippen molar-refractivity contribution < 1.29 is 4.79 Å². The zero-order valence-corrected chi connectivity index (χ0v) is 17.1. The van der Waals surface area contributed by atoms with Gasteiger partial charge in [0.25, 0.3) is 0 Å². The van der Waals surface area contributed by atoms with Gasteiger partial charge in [-0.25, -0.2) is 14.8 Å². The maximum Gasteiger partial charge on any atom is 0.321 e. The van der Waals surface area contributed by atoms with Crippen molar-refractivity contribution in [2.45, 2.75) is 37.1 Å². The first-order chi connectivity index (χ1) is 13.7. The summed E-state index contributed by atoms with van der Waals surface area (Å²) in [5, 5.41) is 3.03. The highest BCUT2D eigenvalue weighted by Gasteiger charge is 2.30. The topological polar surface area (TPSA) is 63.1 Å². The fourth-order valence-corrected chi connectivity index (χ4v) is 4.26. The van der Waals surface area contributed by atoms with Crippen LogP contribution >= 0.6 is 11.8 Å². The van der Waals surface area contributed by atoms with Gasteiger partial charge < -0.3 is 14.8 Å². The van der Waals surface area contributed by atoms with E-state index in [2.05, 4.69) is 21.8 Å². The summed E-state index contributed by atoms with van der Waals surface area (Å²) >= 11 is 1.67. The second kappa shape index (κ2) is 8.22. The van der Waals surface area contributed by atoms with Crippen LogP contribution in [0.4, 0.5) is 10.5 Å². The van der Waals surface area contributed by atoms with E-state index in [0.717, 1.165) is 53.4 Å². The Kier molecular flexibility index (Phi) is 5.52. The Bertz CT molecular complexity index is 986. The second-order valence-electron chi connectivity index (χ2n) is 7.04. The number of benzene rings is 1. The van der Waals surface area contributed by atoms with E-state index in [9.17, 15) is 4.79 Å². The largest absolute Gasteiger partial charge is 0.322 e. The number of urea groups is 1. The van der Waals surface area contributed by atoms with Crippen LogP contribution in [0.3, 0.4) is 0 Å². The van der Waals surface area contributed by atoms with Crippen molar-refractivity contribution in [1.29, 1.82) is 0 Å². The van der Waals surface area contributed by atoms with Crippen LogP contribution in [0.25, 0.3) is 11.2 Å². The second-order valence-corrected chi connectivity index (χ2v) is 7.92. The average molecular weight is 396 g/mol. The predicted molar refractivity (Wildman–Crippen MR) is 114 cm³/mol. The van der Waals surface area contributed by atoms with Gasteiger partial charge in [0.2, 0.25) is 0 Å². The molecule has 3 aromatic rings. The third-order valence-corrected chi connectivity index (χ3v) is 5.86. The van der Waals surface area contributed by atoms with E-state index >= 15 is 0 Å². The van der Waals surface area contributed by atoms with Gasteiger partial charge in [0.05, 0.1) is 6.04 Å². The fraction of sp³-hybridized carbons (Fsp3) is 0.381. The molecule has 1 aromatic carbocycles. The van der Waals surface area contributed by atoms with Gasteiger partial charge in [0.1, 0.15) is 11.3 Å². The van der Waals surface area contributed by atoms with Crippen molar-refractivity contribution in [2.75, 3.05) is 24.7 Å². The van der Waals surface area contributed by atoms with Gasteiger partial charge in [-0.15, -0.1) is 11.8 Å². The summed E-state index contributed by atoms with van der Waals surface area (Å²) in [7, 11) is 0. The Morgan fingerprint density at radius 1 is 1.32 bits per heavy atom. The summed E-state index contributed by atoms with van der Waals surface area (Å²) in [5.41, 5.74) is 2.69. The summed E-state index contributed by atoms with van der Waals surface area (Å²) in [4.78, 5) is 25.1.